The number of esters is 1. The van der Waals surface area contributed by atoms with Crippen molar-refractivity contribution in [1.29, 1.82) is 0 Å². The highest BCUT2D eigenvalue weighted by molar-refractivity contribution is 6.31. The van der Waals surface area contributed by atoms with Gasteiger partial charge in [0.15, 0.2) is 6.61 Å². The van der Waals surface area contributed by atoms with Crippen molar-refractivity contribution in [2.45, 2.75) is 38.1 Å². The predicted octanol–water partition coefficient (Wildman–Crippen LogP) is 2.24. The summed E-state index contributed by atoms with van der Waals surface area (Å²) in [6.45, 7) is -0.580. The summed E-state index contributed by atoms with van der Waals surface area (Å²) in [6, 6.07) is 3.87. The van der Waals surface area contributed by atoms with E-state index in [1.165, 1.54) is 24.6 Å². The third kappa shape index (κ3) is 5.42. The van der Waals surface area contributed by atoms with Crippen LogP contribution in [0.1, 0.15) is 42.5 Å². The zero-order valence-electron chi connectivity index (χ0n) is 13.1. The van der Waals surface area contributed by atoms with Gasteiger partial charge in [0.2, 0.25) is 0 Å². The standard InChI is InChI=1S/C16H20ClN3O4/c17-10-6-7-13(18)12(8-10)15(22)24-9-14(21)20-16(23)19-11-4-2-1-3-5-11/h6-8,11H,1-5,9,18H2,(H2,19,20,21,23). The van der Waals surface area contributed by atoms with Crippen LogP contribution in [0.2, 0.25) is 5.02 Å². The van der Waals surface area contributed by atoms with Crippen LogP contribution >= 0.6 is 11.6 Å². The number of hydrogen-bond donors (Lipinski definition) is 3. The van der Waals surface area contributed by atoms with Crippen molar-refractivity contribution in [1.82, 2.24) is 10.6 Å². The summed E-state index contributed by atoms with van der Waals surface area (Å²) in [5.74, 6) is -1.49. The zero-order chi connectivity index (χ0) is 17.5. The van der Waals surface area contributed by atoms with Crippen LogP contribution < -0.4 is 16.4 Å². The van der Waals surface area contributed by atoms with Crippen LogP contribution in [0.25, 0.3) is 0 Å². The summed E-state index contributed by atoms with van der Waals surface area (Å²) in [5.41, 5.74) is 5.92. The Kier molecular flexibility index (Phi) is 6.43. The van der Waals surface area contributed by atoms with E-state index in [1.807, 2.05) is 0 Å². The molecule has 0 saturated heterocycles. The smallest absolute Gasteiger partial charge is 0.340 e. The Morgan fingerprint density at radius 3 is 2.62 bits per heavy atom. The molecule has 0 aliphatic heterocycles. The third-order valence-electron chi connectivity index (χ3n) is 3.76. The molecule has 2 rings (SSSR count). The van der Waals surface area contributed by atoms with E-state index in [2.05, 4.69) is 10.6 Å². The Morgan fingerprint density at radius 2 is 1.92 bits per heavy atom. The molecule has 130 valence electrons. The van der Waals surface area contributed by atoms with E-state index in [0.29, 0.717) is 5.02 Å². The van der Waals surface area contributed by atoms with Crippen LogP contribution in [0.15, 0.2) is 18.2 Å². The molecule has 0 atom stereocenters. The molecule has 0 radical (unpaired) electrons. The number of nitrogens with one attached hydrogen (secondary N) is 2. The first-order chi connectivity index (χ1) is 11.5. The maximum Gasteiger partial charge on any atom is 0.340 e. The average molecular weight is 354 g/mol. The van der Waals surface area contributed by atoms with Gasteiger partial charge in [-0.15, -0.1) is 0 Å². The van der Waals surface area contributed by atoms with Gasteiger partial charge in [0, 0.05) is 16.8 Å². The Bertz CT molecular complexity index is 630. The molecule has 24 heavy (non-hydrogen) atoms. The molecule has 0 aromatic heterocycles. The summed E-state index contributed by atoms with van der Waals surface area (Å²) in [4.78, 5) is 35.3. The molecule has 3 amide bonds. The first-order valence-electron chi connectivity index (χ1n) is 7.78. The van der Waals surface area contributed by atoms with E-state index >= 15 is 0 Å². The Labute approximate surface area is 144 Å². The minimum Gasteiger partial charge on any atom is -0.452 e. The maximum absolute atomic E-state index is 11.9. The van der Waals surface area contributed by atoms with Gasteiger partial charge in [-0.3, -0.25) is 10.1 Å². The largest absolute Gasteiger partial charge is 0.452 e. The van der Waals surface area contributed by atoms with Crippen molar-refractivity contribution < 1.29 is 19.1 Å². The van der Waals surface area contributed by atoms with Crippen LogP contribution in [0.4, 0.5) is 10.5 Å². The van der Waals surface area contributed by atoms with Gasteiger partial charge >= 0.3 is 12.0 Å². The van der Waals surface area contributed by atoms with Crippen LogP contribution in [-0.4, -0.2) is 30.6 Å². The van der Waals surface area contributed by atoms with Gasteiger partial charge in [0.1, 0.15) is 0 Å². The maximum atomic E-state index is 11.9. The SMILES string of the molecule is Nc1ccc(Cl)cc1C(=O)OCC(=O)NC(=O)NC1CCCCC1. The molecule has 0 unspecified atom stereocenters. The number of benzene rings is 1. The molecule has 1 aromatic carbocycles. The number of nitrogens with two attached hydrogens (primary N) is 1. The molecule has 0 spiro atoms. The number of amides is 3. The second kappa shape index (κ2) is 8.54. The third-order valence-corrected chi connectivity index (χ3v) is 4.00. The second-order valence-electron chi connectivity index (χ2n) is 5.66. The zero-order valence-corrected chi connectivity index (χ0v) is 13.9. The van der Waals surface area contributed by atoms with Crippen LogP contribution in [0.5, 0.6) is 0 Å². The van der Waals surface area contributed by atoms with Crippen molar-refractivity contribution in [2.75, 3.05) is 12.3 Å². The molecular formula is C16H20ClN3O4. The molecule has 0 bridgehead atoms. The van der Waals surface area contributed by atoms with E-state index in [4.69, 9.17) is 22.1 Å². The van der Waals surface area contributed by atoms with E-state index in [0.717, 1.165) is 25.7 Å². The van der Waals surface area contributed by atoms with Gasteiger partial charge in [-0.2, -0.15) is 0 Å². The number of rotatable bonds is 4. The van der Waals surface area contributed by atoms with E-state index < -0.39 is 24.5 Å². The highest BCUT2D eigenvalue weighted by Gasteiger charge is 2.18. The summed E-state index contributed by atoms with van der Waals surface area (Å²) < 4.78 is 4.85. The first kappa shape index (κ1) is 18.1. The Balaban J connectivity index is 1.76. The number of nitrogen functional groups attached to an aromatic ring is 1. The molecule has 1 aromatic rings. The van der Waals surface area contributed by atoms with Crippen molar-refractivity contribution in [3.8, 4) is 0 Å². The topological polar surface area (TPSA) is 111 Å². The van der Waals surface area contributed by atoms with Gasteiger partial charge in [-0.1, -0.05) is 30.9 Å². The summed E-state index contributed by atoms with van der Waals surface area (Å²) in [7, 11) is 0. The van der Waals surface area contributed by atoms with Crippen molar-refractivity contribution in [3.63, 3.8) is 0 Å². The number of halogens is 1. The highest BCUT2D eigenvalue weighted by Crippen LogP contribution is 2.19. The summed E-state index contributed by atoms with van der Waals surface area (Å²) >= 11 is 5.79. The monoisotopic (exact) mass is 353 g/mol. The number of hydrogen-bond acceptors (Lipinski definition) is 5. The lowest BCUT2D eigenvalue weighted by molar-refractivity contribution is -0.123. The van der Waals surface area contributed by atoms with Crippen LogP contribution in [-0.2, 0) is 9.53 Å². The van der Waals surface area contributed by atoms with Gasteiger partial charge in [-0.25, -0.2) is 9.59 Å². The summed E-state index contributed by atoms with van der Waals surface area (Å²) in [5, 5.41) is 5.20. The molecule has 1 saturated carbocycles. The lowest BCUT2D eigenvalue weighted by atomic mass is 9.96. The van der Waals surface area contributed by atoms with E-state index in [9.17, 15) is 14.4 Å². The van der Waals surface area contributed by atoms with E-state index in [1.54, 1.807) is 0 Å². The average Bonchev–Trinajstić information content (AvgIpc) is 2.55. The van der Waals surface area contributed by atoms with Gasteiger partial charge in [0.25, 0.3) is 5.91 Å². The van der Waals surface area contributed by atoms with Gasteiger partial charge in [0.05, 0.1) is 5.56 Å². The van der Waals surface area contributed by atoms with Crippen molar-refractivity contribution in [2.24, 2.45) is 0 Å². The Hall–Kier alpha value is -2.28. The first-order valence-corrected chi connectivity index (χ1v) is 8.16. The molecule has 0 heterocycles. The van der Waals surface area contributed by atoms with E-state index in [-0.39, 0.29) is 17.3 Å². The van der Waals surface area contributed by atoms with Gasteiger partial charge < -0.3 is 15.8 Å². The highest BCUT2D eigenvalue weighted by atomic mass is 35.5. The number of imide groups is 1. The fourth-order valence-electron chi connectivity index (χ4n) is 2.55. The number of ether oxygens (including phenoxy) is 1. The molecule has 1 aliphatic rings. The molecule has 4 N–H and O–H groups in total. The number of anilines is 1. The van der Waals surface area contributed by atoms with Crippen LogP contribution in [0.3, 0.4) is 0 Å². The number of carbonyl (C=O) groups is 3. The Morgan fingerprint density at radius 1 is 1.21 bits per heavy atom. The quantitative estimate of drug-likeness (QED) is 0.568. The number of carbonyl (C=O) groups excluding carboxylic acids is 3. The van der Waals surface area contributed by atoms with Crippen molar-refractivity contribution >= 4 is 35.2 Å². The number of urea groups is 1. The predicted molar refractivity (Wildman–Crippen MR) is 89.7 cm³/mol. The van der Waals surface area contributed by atoms with Crippen LogP contribution in [0, 0.1) is 0 Å². The molecule has 7 nitrogen and oxygen atoms in total. The summed E-state index contributed by atoms with van der Waals surface area (Å²) in [6.07, 6.45) is 5.12. The molecule has 1 aliphatic carbocycles. The minimum absolute atomic E-state index is 0.0713. The minimum atomic E-state index is -0.780. The lowest BCUT2D eigenvalue weighted by Gasteiger charge is -2.22. The molecular weight excluding hydrogens is 334 g/mol. The lowest BCUT2D eigenvalue weighted by Crippen LogP contribution is -2.46. The van der Waals surface area contributed by atoms with Gasteiger partial charge in [-0.05, 0) is 31.0 Å². The second-order valence-corrected chi connectivity index (χ2v) is 6.10. The fraction of sp³-hybridized carbons (Fsp3) is 0.438. The van der Waals surface area contributed by atoms with Crippen molar-refractivity contribution in [3.05, 3.63) is 28.8 Å². The molecule has 1 fully saturated rings. The fourth-order valence-corrected chi connectivity index (χ4v) is 2.72. The molecule has 8 heteroatoms. The normalized spacial score (nSPS) is 14.7.